The minimum Gasteiger partial charge on any atom is -0.390 e. The lowest BCUT2D eigenvalue weighted by Gasteiger charge is -2.40. The molecule has 0 saturated carbocycles. The Labute approximate surface area is 110 Å². The van der Waals surface area contributed by atoms with E-state index in [0.717, 1.165) is 0 Å². The van der Waals surface area contributed by atoms with E-state index in [4.69, 9.17) is 16.3 Å². The lowest BCUT2D eigenvalue weighted by atomic mass is 9.96. The van der Waals surface area contributed by atoms with Crippen molar-refractivity contribution in [3.8, 4) is 0 Å². The third-order valence-corrected chi connectivity index (χ3v) is 3.97. The summed E-state index contributed by atoms with van der Waals surface area (Å²) < 4.78 is 5.59. The number of nitrogens with one attached hydrogen (secondary N) is 1. The molecule has 6 atom stereocenters. The highest BCUT2D eigenvalue weighted by atomic mass is 35.5. The predicted molar refractivity (Wildman–Crippen MR) is 67.1 cm³/mol. The van der Waals surface area contributed by atoms with Gasteiger partial charge in [0, 0.05) is 6.42 Å². The first-order valence-electron chi connectivity index (χ1n) is 5.39. The predicted octanol–water partition coefficient (Wildman–Crippen LogP) is -0.0719. The monoisotopic (exact) mass is 283 g/mol. The van der Waals surface area contributed by atoms with Crippen LogP contribution in [0.5, 0.6) is 0 Å². The molecule has 1 amide bonds. The fourth-order valence-corrected chi connectivity index (χ4v) is 2.81. The summed E-state index contributed by atoms with van der Waals surface area (Å²) in [4.78, 5) is 10.5. The third-order valence-electron chi connectivity index (χ3n) is 2.81. The average Bonchev–Trinajstić information content (AvgIpc) is 2.26. The van der Waals surface area contributed by atoms with Crippen molar-refractivity contribution < 1.29 is 19.7 Å². The van der Waals surface area contributed by atoms with Gasteiger partial charge >= 0.3 is 0 Å². The number of aliphatic hydroxyl groups is 2. The van der Waals surface area contributed by atoms with Crippen molar-refractivity contribution in [2.24, 2.45) is 0 Å². The van der Waals surface area contributed by atoms with Gasteiger partial charge in [0.15, 0.2) is 0 Å². The zero-order valence-corrected chi connectivity index (χ0v) is 11.3. The molecule has 1 saturated heterocycles. The third kappa shape index (κ3) is 3.72. The Morgan fingerprint density at radius 1 is 1.53 bits per heavy atom. The first-order chi connectivity index (χ1) is 8.01. The average molecular weight is 284 g/mol. The molecule has 0 aromatic heterocycles. The minimum atomic E-state index is -0.841. The number of aliphatic hydroxyl groups excluding tert-OH is 2. The highest BCUT2D eigenvalue weighted by Gasteiger charge is 2.41. The molecule has 3 N–H and O–H groups in total. The zero-order valence-electron chi connectivity index (χ0n) is 9.75. The van der Waals surface area contributed by atoms with E-state index in [9.17, 15) is 15.0 Å². The standard InChI is InChI=1S/C10H18ClNO4S/c1-5(11)8(12-4-13)9-6(14)3-7(15)10(16-9)17-2/h4-10,14-15H,3H2,1-2H3,(H,12,13). The Hall–Kier alpha value is -0.0100. The van der Waals surface area contributed by atoms with Crippen LogP contribution in [0.15, 0.2) is 0 Å². The van der Waals surface area contributed by atoms with Crippen LogP contribution in [0.2, 0.25) is 0 Å². The van der Waals surface area contributed by atoms with Crippen molar-refractivity contribution in [1.82, 2.24) is 5.32 Å². The van der Waals surface area contributed by atoms with Crippen LogP contribution in [0.3, 0.4) is 0 Å². The minimum absolute atomic E-state index is 0.219. The number of ether oxygens (including phenoxy) is 1. The van der Waals surface area contributed by atoms with E-state index in [2.05, 4.69) is 5.32 Å². The van der Waals surface area contributed by atoms with Gasteiger partial charge in [0.25, 0.3) is 0 Å². The van der Waals surface area contributed by atoms with Crippen molar-refractivity contribution in [2.45, 2.75) is 48.5 Å². The Morgan fingerprint density at radius 2 is 2.18 bits per heavy atom. The van der Waals surface area contributed by atoms with E-state index in [1.807, 2.05) is 6.26 Å². The van der Waals surface area contributed by atoms with E-state index >= 15 is 0 Å². The Bertz CT molecular complexity index is 256. The summed E-state index contributed by atoms with van der Waals surface area (Å²) in [6, 6.07) is -0.480. The van der Waals surface area contributed by atoms with Crippen LogP contribution in [0.4, 0.5) is 0 Å². The van der Waals surface area contributed by atoms with Crippen molar-refractivity contribution in [1.29, 1.82) is 0 Å². The summed E-state index contributed by atoms with van der Waals surface area (Å²) in [7, 11) is 0. The van der Waals surface area contributed by atoms with Gasteiger partial charge in [0.1, 0.15) is 11.5 Å². The molecule has 1 aliphatic heterocycles. The maximum absolute atomic E-state index is 10.5. The summed E-state index contributed by atoms with van der Waals surface area (Å²) in [6.07, 6.45) is 0.421. The first kappa shape index (κ1) is 15.0. The number of thioether (sulfide) groups is 1. The highest BCUT2D eigenvalue weighted by Crippen LogP contribution is 2.29. The van der Waals surface area contributed by atoms with Gasteiger partial charge in [-0.2, -0.15) is 0 Å². The fraction of sp³-hybridized carbons (Fsp3) is 0.900. The zero-order chi connectivity index (χ0) is 13.0. The summed E-state index contributed by atoms with van der Waals surface area (Å²) in [6.45, 7) is 1.72. The van der Waals surface area contributed by atoms with Crippen LogP contribution in [0.1, 0.15) is 13.3 Å². The van der Waals surface area contributed by atoms with E-state index in [1.54, 1.807) is 6.92 Å². The fourth-order valence-electron chi connectivity index (χ4n) is 1.93. The second kappa shape index (κ2) is 6.80. The van der Waals surface area contributed by atoms with E-state index in [-0.39, 0.29) is 11.8 Å². The van der Waals surface area contributed by atoms with Gasteiger partial charge in [-0.1, -0.05) is 0 Å². The second-order valence-corrected chi connectivity index (χ2v) is 5.69. The number of carbonyl (C=O) groups is 1. The smallest absolute Gasteiger partial charge is 0.207 e. The van der Waals surface area contributed by atoms with Gasteiger partial charge in [-0.3, -0.25) is 4.79 Å². The van der Waals surface area contributed by atoms with E-state index < -0.39 is 29.8 Å². The molecule has 0 aromatic rings. The topological polar surface area (TPSA) is 78.8 Å². The van der Waals surface area contributed by atoms with Crippen molar-refractivity contribution >= 4 is 29.8 Å². The molecule has 0 aliphatic carbocycles. The summed E-state index contributed by atoms with van der Waals surface area (Å²) in [5.74, 6) is 0. The van der Waals surface area contributed by atoms with E-state index in [0.29, 0.717) is 6.41 Å². The second-order valence-electron chi connectivity index (χ2n) is 4.06. The summed E-state index contributed by atoms with van der Waals surface area (Å²) in [5, 5.41) is 21.7. The van der Waals surface area contributed by atoms with E-state index in [1.165, 1.54) is 11.8 Å². The number of halogens is 1. The van der Waals surface area contributed by atoms with Crippen LogP contribution in [-0.2, 0) is 9.53 Å². The molecule has 17 heavy (non-hydrogen) atoms. The lowest BCUT2D eigenvalue weighted by Crippen LogP contribution is -2.57. The molecule has 1 fully saturated rings. The van der Waals surface area contributed by atoms with Gasteiger partial charge in [-0.05, 0) is 13.2 Å². The van der Waals surface area contributed by atoms with Crippen molar-refractivity contribution in [3.63, 3.8) is 0 Å². The SMILES string of the molecule is CSC1OC(C(NC=O)C(C)Cl)C(O)CC1O. The van der Waals surface area contributed by atoms with Crippen LogP contribution in [-0.4, -0.2) is 58.0 Å². The van der Waals surface area contributed by atoms with Gasteiger partial charge in [-0.25, -0.2) is 0 Å². The Balaban J connectivity index is 2.75. The maximum atomic E-state index is 10.5. The summed E-state index contributed by atoms with van der Waals surface area (Å²) >= 11 is 7.33. The molecule has 0 bridgehead atoms. The van der Waals surface area contributed by atoms with Gasteiger partial charge in [-0.15, -0.1) is 23.4 Å². The number of amides is 1. The number of carbonyl (C=O) groups excluding carboxylic acids is 1. The quantitative estimate of drug-likeness (QED) is 0.486. The van der Waals surface area contributed by atoms with Crippen LogP contribution in [0, 0.1) is 0 Å². The van der Waals surface area contributed by atoms with Crippen LogP contribution < -0.4 is 5.32 Å². The first-order valence-corrected chi connectivity index (χ1v) is 7.11. The van der Waals surface area contributed by atoms with Crippen molar-refractivity contribution in [2.75, 3.05) is 6.26 Å². The number of hydrogen-bond donors (Lipinski definition) is 3. The molecule has 0 radical (unpaired) electrons. The maximum Gasteiger partial charge on any atom is 0.207 e. The molecule has 0 spiro atoms. The lowest BCUT2D eigenvalue weighted by molar-refractivity contribution is -0.149. The molecule has 0 aromatic carbocycles. The largest absolute Gasteiger partial charge is 0.390 e. The van der Waals surface area contributed by atoms with Crippen LogP contribution >= 0.6 is 23.4 Å². The molecule has 1 heterocycles. The number of rotatable bonds is 5. The molecule has 100 valence electrons. The number of hydrogen-bond acceptors (Lipinski definition) is 5. The highest BCUT2D eigenvalue weighted by molar-refractivity contribution is 7.99. The van der Waals surface area contributed by atoms with Gasteiger partial charge in [0.05, 0.1) is 23.6 Å². The van der Waals surface area contributed by atoms with Gasteiger partial charge in [0.2, 0.25) is 6.41 Å². The molecule has 1 rings (SSSR count). The molecule has 6 unspecified atom stereocenters. The Morgan fingerprint density at radius 3 is 2.65 bits per heavy atom. The molecule has 7 heteroatoms. The van der Waals surface area contributed by atoms with Crippen LogP contribution in [0.25, 0.3) is 0 Å². The molecular formula is C10H18ClNO4S. The number of alkyl halides is 1. The van der Waals surface area contributed by atoms with Crippen molar-refractivity contribution in [3.05, 3.63) is 0 Å². The molecular weight excluding hydrogens is 266 g/mol. The molecule has 5 nitrogen and oxygen atoms in total. The molecule has 1 aliphatic rings. The van der Waals surface area contributed by atoms with Gasteiger partial charge < -0.3 is 20.3 Å². The Kier molecular flexibility index (Phi) is 6.02. The normalized spacial score (nSPS) is 37.2. The summed E-state index contributed by atoms with van der Waals surface area (Å²) in [5.41, 5.74) is -0.408.